The normalized spacial score (nSPS) is 14.3. The fourth-order valence-corrected chi connectivity index (χ4v) is 1.18. The highest BCUT2D eigenvalue weighted by Crippen LogP contribution is 2.05. The highest BCUT2D eigenvalue weighted by atomic mass is 16.3. The summed E-state index contributed by atoms with van der Waals surface area (Å²) < 4.78 is 4.93. The monoisotopic (exact) mass is 197 g/mol. The maximum atomic E-state index is 9.68. The van der Waals surface area contributed by atoms with Crippen LogP contribution >= 0.6 is 0 Å². The second-order valence-corrected chi connectivity index (χ2v) is 4.62. The molecule has 1 unspecified atom stereocenters. The topological polar surface area (TPSA) is 45.4 Å². The van der Waals surface area contributed by atoms with Crippen molar-refractivity contribution in [3.8, 4) is 0 Å². The summed E-state index contributed by atoms with van der Waals surface area (Å²) in [4.78, 5) is 0. The van der Waals surface area contributed by atoms with Gasteiger partial charge in [-0.3, -0.25) is 0 Å². The number of hydrogen-bond donors (Lipinski definition) is 2. The van der Waals surface area contributed by atoms with Crippen molar-refractivity contribution in [3.63, 3.8) is 0 Å². The largest absolute Gasteiger partial charge is 0.472 e. The zero-order valence-electron chi connectivity index (χ0n) is 9.08. The number of aliphatic hydroxyl groups excluding tert-OH is 1. The molecule has 0 saturated carbocycles. The lowest BCUT2D eigenvalue weighted by molar-refractivity contribution is 0.161. The predicted molar refractivity (Wildman–Crippen MR) is 56.2 cm³/mol. The van der Waals surface area contributed by atoms with E-state index in [0.29, 0.717) is 13.0 Å². The van der Waals surface area contributed by atoms with E-state index < -0.39 is 0 Å². The summed E-state index contributed by atoms with van der Waals surface area (Å²) in [7, 11) is 0. The molecule has 0 radical (unpaired) electrons. The third-order valence-electron chi connectivity index (χ3n) is 1.92. The maximum Gasteiger partial charge on any atom is 0.0935 e. The molecule has 1 aromatic heterocycles. The van der Waals surface area contributed by atoms with Crippen molar-refractivity contribution >= 4 is 0 Å². The van der Waals surface area contributed by atoms with Gasteiger partial charge in [0.25, 0.3) is 0 Å². The average molecular weight is 197 g/mol. The number of furan rings is 1. The van der Waals surface area contributed by atoms with Gasteiger partial charge >= 0.3 is 0 Å². The summed E-state index contributed by atoms with van der Waals surface area (Å²) in [6.07, 6.45) is 3.57. The Balaban J connectivity index is 2.26. The first-order chi connectivity index (χ1) is 6.47. The van der Waals surface area contributed by atoms with Crippen LogP contribution in [-0.4, -0.2) is 23.3 Å². The summed E-state index contributed by atoms with van der Waals surface area (Å²) in [5, 5.41) is 12.9. The minimum Gasteiger partial charge on any atom is -0.472 e. The molecule has 1 rings (SSSR count). The first-order valence-electron chi connectivity index (χ1n) is 4.91. The molecular formula is C11H19NO2. The van der Waals surface area contributed by atoms with Crippen LogP contribution in [0.5, 0.6) is 0 Å². The summed E-state index contributed by atoms with van der Waals surface area (Å²) in [5.41, 5.74) is 1.09. The van der Waals surface area contributed by atoms with E-state index in [1.165, 1.54) is 0 Å². The SMILES string of the molecule is CC(C)(C)NCC(O)Cc1ccoc1. The number of nitrogens with one attached hydrogen (secondary N) is 1. The molecule has 80 valence electrons. The Morgan fingerprint density at radius 2 is 2.21 bits per heavy atom. The molecule has 0 aromatic carbocycles. The molecule has 0 bridgehead atoms. The molecular weight excluding hydrogens is 178 g/mol. The minimum atomic E-state index is -0.355. The Morgan fingerprint density at radius 3 is 2.71 bits per heavy atom. The van der Waals surface area contributed by atoms with Gasteiger partial charge in [0.05, 0.1) is 18.6 Å². The van der Waals surface area contributed by atoms with Gasteiger partial charge in [-0.2, -0.15) is 0 Å². The first kappa shape index (κ1) is 11.3. The molecule has 1 aromatic rings. The molecule has 3 nitrogen and oxygen atoms in total. The summed E-state index contributed by atoms with van der Waals surface area (Å²) in [5.74, 6) is 0. The van der Waals surface area contributed by atoms with Crippen LogP contribution in [0.2, 0.25) is 0 Å². The van der Waals surface area contributed by atoms with Gasteiger partial charge in [-0.1, -0.05) is 0 Å². The van der Waals surface area contributed by atoms with Crippen molar-refractivity contribution in [1.82, 2.24) is 5.32 Å². The van der Waals surface area contributed by atoms with Gasteiger partial charge in [0.1, 0.15) is 0 Å². The lowest BCUT2D eigenvalue weighted by Crippen LogP contribution is -2.41. The fourth-order valence-electron chi connectivity index (χ4n) is 1.18. The molecule has 0 aliphatic rings. The van der Waals surface area contributed by atoms with Crippen LogP contribution in [-0.2, 0) is 6.42 Å². The Morgan fingerprint density at radius 1 is 1.50 bits per heavy atom. The van der Waals surface area contributed by atoms with E-state index in [4.69, 9.17) is 4.42 Å². The van der Waals surface area contributed by atoms with Crippen LogP contribution < -0.4 is 5.32 Å². The van der Waals surface area contributed by atoms with E-state index in [9.17, 15) is 5.11 Å². The Labute approximate surface area is 85.1 Å². The van der Waals surface area contributed by atoms with Crippen molar-refractivity contribution in [1.29, 1.82) is 0 Å². The average Bonchev–Trinajstić information content (AvgIpc) is 2.52. The zero-order chi connectivity index (χ0) is 10.6. The van der Waals surface area contributed by atoms with Gasteiger partial charge in [0.2, 0.25) is 0 Å². The molecule has 1 atom stereocenters. The van der Waals surface area contributed by atoms with Crippen molar-refractivity contribution in [2.75, 3.05) is 6.54 Å². The van der Waals surface area contributed by atoms with Gasteiger partial charge in [-0.15, -0.1) is 0 Å². The Kier molecular flexibility index (Phi) is 3.72. The highest BCUT2D eigenvalue weighted by molar-refractivity contribution is 5.06. The van der Waals surface area contributed by atoms with Crippen LogP contribution in [0.4, 0.5) is 0 Å². The predicted octanol–water partition coefficient (Wildman–Crippen LogP) is 1.57. The second-order valence-electron chi connectivity index (χ2n) is 4.62. The van der Waals surface area contributed by atoms with Gasteiger partial charge in [-0.05, 0) is 32.4 Å². The van der Waals surface area contributed by atoms with Gasteiger partial charge < -0.3 is 14.8 Å². The number of aliphatic hydroxyl groups is 1. The maximum absolute atomic E-state index is 9.68. The summed E-state index contributed by atoms with van der Waals surface area (Å²) in [6, 6.07) is 1.88. The molecule has 0 amide bonds. The van der Waals surface area contributed by atoms with Crippen LogP contribution in [0.3, 0.4) is 0 Å². The molecule has 1 heterocycles. The smallest absolute Gasteiger partial charge is 0.0935 e. The quantitative estimate of drug-likeness (QED) is 0.770. The molecule has 14 heavy (non-hydrogen) atoms. The lowest BCUT2D eigenvalue weighted by atomic mass is 10.1. The lowest BCUT2D eigenvalue weighted by Gasteiger charge is -2.22. The first-order valence-corrected chi connectivity index (χ1v) is 4.91. The number of β-amino-alcohol motifs (C(OH)–C–C–N with tert-alkyl or cyclic N) is 1. The van der Waals surface area contributed by atoms with E-state index in [1.54, 1.807) is 12.5 Å². The van der Waals surface area contributed by atoms with E-state index in [-0.39, 0.29) is 11.6 Å². The molecule has 0 saturated heterocycles. The van der Waals surface area contributed by atoms with Gasteiger partial charge in [0, 0.05) is 18.5 Å². The summed E-state index contributed by atoms with van der Waals surface area (Å²) in [6.45, 7) is 6.85. The van der Waals surface area contributed by atoms with Gasteiger partial charge in [-0.25, -0.2) is 0 Å². The minimum absolute atomic E-state index is 0.0530. The number of rotatable bonds is 4. The second kappa shape index (κ2) is 4.62. The third-order valence-corrected chi connectivity index (χ3v) is 1.92. The van der Waals surface area contributed by atoms with Crippen LogP contribution in [0.15, 0.2) is 23.0 Å². The van der Waals surface area contributed by atoms with Crippen LogP contribution in [0, 0.1) is 0 Å². The summed E-state index contributed by atoms with van der Waals surface area (Å²) >= 11 is 0. The standard InChI is InChI=1S/C11H19NO2/c1-11(2,3)12-7-10(13)6-9-4-5-14-8-9/h4-5,8,10,12-13H,6-7H2,1-3H3. The van der Waals surface area contributed by atoms with E-state index in [2.05, 4.69) is 26.1 Å². The van der Waals surface area contributed by atoms with E-state index in [1.807, 2.05) is 6.07 Å². The van der Waals surface area contributed by atoms with Crippen LogP contribution in [0.25, 0.3) is 0 Å². The Hall–Kier alpha value is -0.800. The zero-order valence-corrected chi connectivity index (χ0v) is 9.08. The molecule has 0 spiro atoms. The Bertz CT molecular complexity index is 249. The van der Waals surface area contributed by atoms with Crippen molar-refractivity contribution in [2.45, 2.75) is 38.8 Å². The molecule has 0 aliphatic carbocycles. The van der Waals surface area contributed by atoms with Crippen molar-refractivity contribution < 1.29 is 9.52 Å². The van der Waals surface area contributed by atoms with E-state index in [0.717, 1.165) is 5.56 Å². The molecule has 3 heteroatoms. The van der Waals surface area contributed by atoms with Gasteiger partial charge in [0.15, 0.2) is 0 Å². The molecule has 0 aliphatic heterocycles. The van der Waals surface area contributed by atoms with Crippen LogP contribution in [0.1, 0.15) is 26.3 Å². The van der Waals surface area contributed by atoms with Crippen molar-refractivity contribution in [2.24, 2.45) is 0 Å². The van der Waals surface area contributed by atoms with Crippen molar-refractivity contribution in [3.05, 3.63) is 24.2 Å². The van der Waals surface area contributed by atoms with E-state index >= 15 is 0 Å². The third kappa shape index (κ3) is 4.44. The fraction of sp³-hybridized carbons (Fsp3) is 0.636. The highest BCUT2D eigenvalue weighted by Gasteiger charge is 2.12. The molecule has 2 N–H and O–H groups in total. The number of hydrogen-bond acceptors (Lipinski definition) is 3. The molecule has 0 fully saturated rings.